The van der Waals surface area contributed by atoms with E-state index in [-0.39, 0.29) is 0 Å². The first kappa shape index (κ1) is 22.9. The zero-order chi connectivity index (χ0) is 24.1. The maximum atomic E-state index is 13.3. The van der Waals surface area contributed by atoms with Gasteiger partial charge in [0.2, 0.25) is 6.10 Å². The molecule has 0 saturated carbocycles. The Morgan fingerprint density at radius 1 is 0.941 bits per heavy atom. The quantitative estimate of drug-likeness (QED) is 0.384. The summed E-state index contributed by atoms with van der Waals surface area (Å²) >= 11 is 1.31. The van der Waals surface area contributed by atoms with Crippen LogP contribution >= 0.6 is 11.3 Å². The Morgan fingerprint density at radius 3 is 2.21 bits per heavy atom. The van der Waals surface area contributed by atoms with Crippen molar-refractivity contribution in [2.45, 2.75) is 6.10 Å². The van der Waals surface area contributed by atoms with Crippen LogP contribution in [0.5, 0.6) is 23.0 Å². The van der Waals surface area contributed by atoms with Gasteiger partial charge in [-0.25, -0.2) is 4.98 Å². The normalized spacial score (nSPS) is 11.4. The Morgan fingerprint density at radius 2 is 1.59 bits per heavy atom. The number of rotatable bonds is 8. The Labute approximate surface area is 200 Å². The first-order valence-electron chi connectivity index (χ1n) is 10.2. The second kappa shape index (κ2) is 10.1. The zero-order valence-electron chi connectivity index (χ0n) is 18.7. The van der Waals surface area contributed by atoms with Gasteiger partial charge in [0, 0.05) is 17.7 Å². The highest BCUT2D eigenvalue weighted by Crippen LogP contribution is 2.36. The molecule has 1 N–H and O–H groups in total. The number of hydrogen-bond acceptors (Lipinski definition) is 8. The molecule has 0 spiro atoms. The number of amides is 1. The number of hydrogen-bond donors (Lipinski definition) is 1. The smallest absolute Gasteiger partial charge is 0.271 e. The number of anilines is 1. The number of nitrogens with zero attached hydrogens (tertiary/aromatic N) is 2. The third-order valence-electron chi connectivity index (χ3n) is 5.02. The van der Waals surface area contributed by atoms with Crippen LogP contribution in [0.25, 0.3) is 10.2 Å². The molecule has 0 radical (unpaired) electrons. The third-order valence-corrected chi connectivity index (χ3v) is 5.95. The fourth-order valence-electron chi connectivity index (χ4n) is 3.28. The van der Waals surface area contributed by atoms with E-state index in [0.29, 0.717) is 44.8 Å². The molecule has 1 atom stereocenters. The van der Waals surface area contributed by atoms with E-state index < -0.39 is 12.0 Å². The fraction of sp³-hybridized carbons (Fsp3) is 0.160. The lowest BCUT2D eigenvalue weighted by molar-refractivity contribution is -0.123. The molecule has 4 rings (SSSR count). The van der Waals surface area contributed by atoms with Crippen molar-refractivity contribution in [1.82, 2.24) is 4.98 Å². The fourth-order valence-corrected chi connectivity index (χ4v) is 4.15. The Kier molecular flexibility index (Phi) is 6.80. The number of aromatic nitrogens is 1. The molecule has 0 bridgehead atoms. The SMILES string of the molecule is COc1ccc(OC(C(=O)Nc2nc3cc(OC)c(OC)cc3s2)c2ccc(C#N)cc2)cc1. The molecular weight excluding hydrogens is 454 g/mol. The Bertz CT molecular complexity index is 1300. The standard InChI is InChI=1S/C25H21N3O5S/c1-30-17-8-10-18(11-9-17)33-23(16-6-4-15(14-26)5-7-16)24(29)28-25-27-19-12-20(31-2)21(32-3)13-22(19)34-25/h4-13,23H,1-3H3,(H,27,28,29). The maximum Gasteiger partial charge on any atom is 0.271 e. The largest absolute Gasteiger partial charge is 0.497 e. The van der Waals surface area contributed by atoms with Gasteiger partial charge in [-0.2, -0.15) is 5.26 Å². The predicted molar refractivity (Wildman–Crippen MR) is 129 cm³/mol. The molecular formula is C25H21N3O5S. The van der Waals surface area contributed by atoms with Gasteiger partial charge in [0.15, 0.2) is 16.6 Å². The van der Waals surface area contributed by atoms with Crippen molar-refractivity contribution in [2.75, 3.05) is 26.6 Å². The van der Waals surface area contributed by atoms with Crippen molar-refractivity contribution in [3.63, 3.8) is 0 Å². The number of nitrogens with one attached hydrogen (secondary N) is 1. The number of methoxy groups -OCH3 is 3. The van der Waals surface area contributed by atoms with E-state index in [1.54, 1.807) is 75.9 Å². The topological polar surface area (TPSA) is 103 Å². The second-order valence-corrected chi connectivity index (χ2v) is 8.12. The second-order valence-electron chi connectivity index (χ2n) is 7.09. The lowest BCUT2D eigenvalue weighted by Crippen LogP contribution is -2.25. The van der Waals surface area contributed by atoms with Crippen molar-refractivity contribution in [1.29, 1.82) is 5.26 Å². The molecule has 8 nitrogen and oxygen atoms in total. The number of carbonyl (C=O) groups excluding carboxylic acids is 1. The van der Waals surface area contributed by atoms with E-state index in [0.717, 1.165) is 4.70 Å². The average Bonchev–Trinajstić information content (AvgIpc) is 3.27. The predicted octanol–water partition coefficient (Wildman–Crippen LogP) is 4.95. The number of carbonyl (C=O) groups is 1. The molecule has 1 unspecified atom stereocenters. The number of fused-ring (bicyclic) bond motifs is 1. The summed E-state index contributed by atoms with van der Waals surface area (Å²) in [5, 5.41) is 12.4. The highest BCUT2D eigenvalue weighted by Gasteiger charge is 2.24. The summed E-state index contributed by atoms with van der Waals surface area (Å²) in [6, 6.07) is 19.3. The van der Waals surface area contributed by atoms with Crippen molar-refractivity contribution in [3.8, 4) is 29.1 Å². The number of benzene rings is 3. The lowest BCUT2D eigenvalue weighted by Gasteiger charge is -2.19. The van der Waals surface area contributed by atoms with Crippen LogP contribution in [-0.4, -0.2) is 32.2 Å². The van der Waals surface area contributed by atoms with Crippen LogP contribution in [0.3, 0.4) is 0 Å². The highest BCUT2D eigenvalue weighted by molar-refractivity contribution is 7.22. The van der Waals surface area contributed by atoms with Gasteiger partial charge in [0.05, 0.1) is 43.2 Å². The molecule has 9 heteroatoms. The first-order valence-corrected chi connectivity index (χ1v) is 11.0. The van der Waals surface area contributed by atoms with Gasteiger partial charge in [-0.3, -0.25) is 10.1 Å². The van der Waals surface area contributed by atoms with Crippen LogP contribution in [-0.2, 0) is 4.79 Å². The molecule has 0 aliphatic rings. The van der Waals surface area contributed by atoms with Gasteiger partial charge in [-0.15, -0.1) is 0 Å². The summed E-state index contributed by atoms with van der Waals surface area (Å²) in [6.07, 6.45) is -0.975. The van der Waals surface area contributed by atoms with Gasteiger partial charge >= 0.3 is 0 Å². The summed E-state index contributed by atoms with van der Waals surface area (Å²) in [7, 11) is 4.69. The van der Waals surface area contributed by atoms with Gasteiger partial charge in [-0.1, -0.05) is 23.5 Å². The van der Waals surface area contributed by atoms with E-state index in [9.17, 15) is 4.79 Å². The minimum atomic E-state index is -0.975. The van der Waals surface area contributed by atoms with Crippen molar-refractivity contribution in [2.24, 2.45) is 0 Å². The zero-order valence-corrected chi connectivity index (χ0v) is 19.5. The summed E-state index contributed by atoms with van der Waals surface area (Å²) in [6.45, 7) is 0. The van der Waals surface area contributed by atoms with Crippen LogP contribution in [0.1, 0.15) is 17.2 Å². The Balaban J connectivity index is 1.63. The summed E-state index contributed by atoms with van der Waals surface area (Å²) < 4.78 is 22.7. The molecule has 0 aliphatic heterocycles. The van der Waals surface area contributed by atoms with E-state index in [2.05, 4.69) is 16.4 Å². The molecule has 34 heavy (non-hydrogen) atoms. The number of thiazole rings is 1. The van der Waals surface area contributed by atoms with E-state index in [1.165, 1.54) is 11.3 Å². The summed E-state index contributed by atoms with van der Waals surface area (Å²) in [5.74, 6) is 1.89. The van der Waals surface area contributed by atoms with Crippen molar-refractivity contribution in [3.05, 3.63) is 71.8 Å². The molecule has 1 heterocycles. The van der Waals surface area contributed by atoms with Crippen LogP contribution in [0.15, 0.2) is 60.7 Å². The molecule has 0 saturated heterocycles. The third kappa shape index (κ3) is 4.87. The van der Waals surface area contributed by atoms with Crippen LogP contribution in [0.4, 0.5) is 5.13 Å². The molecule has 1 aromatic heterocycles. The molecule has 1 amide bonds. The average molecular weight is 476 g/mol. The van der Waals surface area contributed by atoms with Gasteiger partial charge in [-0.05, 0) is 36.4 Å². The van der Waals surface area contributed by atoms with Crippen LogP contribution in [0.2, 0.25) is 0 Å². The molecule has 4 aromatic rings. The molecule has 172 valence electrons. The van der Waals surface area contributed by atoms with Gasteiger partial charge in [0.1, 0.15) is 11.5 Å². The van der Waals surface area contributed by atoms with E-state index in [4.69, 9.17) is 24.2 Å². The highest BCUT2D eigenvalue weighted by atomic mass is 32.1. The molecule has 0 fully saturated rings. The number of ether oxygens (including phenoxy) is 4. The summed E-state index contributed by atoms with van der Waals surface area (Å²) in [4.78, 5) is 17.8. The minimum Gasteiger partial charge on any atom is -0.497 e. The van der Waals surface area contributed by atoms with Crippen LogP contribution < -0.4 is 24.3 Å². The molecule has 3 aromatic carbocycles. The summed E-state index contributed by atoms with van der Waals surface area (Å²) in [5.41, 5.74) is 1.75. The maximum absolute atomic E-state index is 13.3. The van der Waals surface area contributed by atoms with Crippen molar-refractivity contribution < 1.29 is 23.7 Å². The van der Waals surface area contributed by atoms with Gasteiger partial charge < -0.3 is 18.9 Å². The van der Waals surface area contributed by atoms with Crippen molar-refractivity contribution >= 4 is 32.6 Å². The lowest BCUT2D eigenvalue weighted by atomic mass is 10.1. The Hall–Kier alpha value is -4.29. The first-order chi connectivity index (χ1) is 16.5. The monoisotopic (exact) mass is 475 g/mol. The molecule has 0 aliphatic carbocycles. The minimum absolute atomic E-state index is 0.404. The van der Waals surface area contributed by atoms with Gasteiger partial charge in [0.25, 0.3) is 5.91 Å². The van der Waals surface area contributed by atoms with E-state index >= 15 is 0 Å². The van der Waals surface area contributed by atoms with E-state index in [1.807, 2.05) is 6.07 Å². The van der Waals surface area contributed by atoms with Crippen LogP contribution in [0, 0.1) is 11.3 Å². The number of nitriles is 1.